The van der Waals surface area contributed by atoms with Gasteiger partial charge in [-0.1, -0.05) is 11.3 Å². The lowest BCUT2D eigenvalue weighted by atomic mass is 10.3. The van der Waals surface area contributed by atoms with Gasteiger partial charge in [0.25, 0.3) is 0 Å². The Bertz CT molecular complexity index is 635. The molecule has 1 aliphatic rings. The monoisotopic (exact) mass is 305 g/mol. The van der Waals surface area contributed by atoms with E-state index in [1.165, 1.54) is 0 Å². The second-order valence-electron chi connectivity index (χ2n) is 5.12. The topological polar surface area (TPSA) is 54.5 Å². The number of ether oxygens (including phenoxy) is 1. The van der Waals surface area contributed by atoms with Gasteiger partial charge >= 0.3 is 0 Å². The molecule has 0 radical (unpaired) electrons. The summed E-state index contributed by atoms with van der Waals surface area (Å²) in [4.78, 5) is 18.4. The molecule has 3 rings (SSSR count). The summed E-state index contributed by atoms with van der Waals surface area (Å²) in [5.41, 5.74) is 0.953. The first-order chi connectivity index (χ1) is 10.3. The highest BCUT2D eigenvalue weighted by molar-refractivity contribution is 7.22. The van der Waals surface area contributed by atoms with Crippen LogP contribution in [0.5, 0.6) is 5.75 Å². The Morgan fingerprint density at radius 3 is 3.00 bits per heavy atom. The number of nitrogens with zero attached hydrogens (tertiary/aromatic N) is 2. The van der Waals surface area contributed by atoms with Crippen molar-refractivity contribution in [3.63, 3.8) is 0 Å². The van der Waals surface area contributed by atoms with E-state index in [9.17, 15) is 4.79 Å². The number of anilines is 1. The molecule has 21 heavy (non-hydrogen) atoms. The molecular formula is C15H19N3O2S. The van der Waals surface area contributed by atoms with Gasteiger partial charge in [0.2, 0.25) is 5.91 Å². The number of aromatic nitrogens is 1. The first-order valence-electron chi connectivity index (χ1n) is 7.22. The van der Waals surface area contributed by atoms with Crippen molar-refractivity contribution in [2.24, 2.45) is 0 Å². The number of fused-ring (bicyclic) bond motifs is 1. The third-order valence-corrected chi connectivity index (χ3v) is 4.65. The molecule has 1 aromatic carbocycles. The zero-order valence-electron chi connectivity index (χ0n) is 12.1. The standard InChI is InChI=1S/C15H19N3O2S/c1-20-11-4-5-12-13(10-11)21-15(17-12)16-7-6-14(19)18-8-2-3-9-18/h4-5,10H,2-3,6-9H2,1H3,(H,16,17). The summed E-state index contributed by atoms with van der Waals surface area (Å²) >= 11 is 1.58. The van der Waals surface area contributed by atoms with Gasteiger partial charge in [0.15, 0.2) is 5.13 Å². The van der Waals surface area contributed by atoms with Crippen LogP contribution in [-0.2, 0) is 4.79 Å². The second kappa shape index (κ2) is 6.30. The maximum atomic E-state index is 11.9. The highest BCUT2D eigenvalue weighted by Crippen LogP contribution is 2.29. The largest absolute Gasteiger partial charge is 0.497 e. The van der Waals surface area contributed by atoms with Gasteiger partial charge in [-0.05, 0) is 31.0 Å². The van der Waals surface area contributed by atoms with E-state index in [4.69, 9.17) is 4.74 Å². The number of nitrogens with one attached hydrogen (secondary N) is 1. The molecule has 6 heteroatoms. The van der Waals surface area contributed by atoms with Crippen molar-refractivity contribution in [2.45, 2.75) is 19.3 Å². The third kappa shape index (κ3) is 3.26. The quantitative estimate of drug-likeness (QED) is 0.923. The van der Waals surface area contributed by atoms with Gasteiger partial charge in [-0.3, -0.25) is 4.79 Å². The van der Waals surface area contributed by atoms with Crippen LogP contribution in [0, 0.1) is 0 Å². The number of carbonyl (C=O) groups excluding carboxylic acids is 1. The number of rotatable bonds is 5. The molecule has 1 saturated heterocycles. The predicted octanol–water partition coefficient (Wildman–Crippen LogP) is 2.73. The Morgan fingerprint density at radius 2 is 2.24 bits per heavy atom. The Balaban J connectivity index is 1.56. The molecule has 0 aliphatic carbocycles. The summed E-state index contributed by atoms with van der Waals surface area (Å²) < 4.78 is 6.30. The number of hydrogen-bond donors (Lipinski definition) is 1. The van der Waals surface area contributed by atoms with Crippen molar-refractivity contribution < 1.29 is 9.53 Å². The summed E-state index contributed by atoms with van der Waals surface area (Å²) in [6.45, 7) is 2.46. The van der Waals surface area contributed by atoms with Crippen LogP contribution in [0.2, 0.25) is 0 Å². The first kappa shape index (κ1) is 14.1. The minimum atomic E-state index is 0.239. The maximum absolute atomic E-state index is 11.9. The summed E-state index contributed by atoms with van der Waals surface area (Å²) in [5, 5.41) is 4.10. The highest BCUT2D eigenvalue weighted by Gasteiger charge is 2.17. The van der Waals surface area contributed by atoms with E-state index in [-0.39, 0.29) is 5.91 Å². The van der Waals surface area contributed by atoms with Gasteiger partial charge in [-0.2, -0.15) is 0 Å². The fourth-order valence-electron chi connectivity index (χ4n) is 2.51. The van der Waals surface area contributed by atoms with Crippen molar-refractivity contribution in [1.82, 2.24) is 9.88 Å². The van der Waals surface area contributed by atoms with E-state index in [0.717, 1.165) is 47.0 Å². The van der Waals surface area contributed by atoms with Crippen molar-refractivity contribution in [3.8, 4) is 5.75 Å². The van der Waals surface area contributed by atoms with Crippen molar-refractivity contribution >= 4 is 32.6 Å². The van der Waals surface area contributed by atoms with Gasteiger partial charge in [-0.15, -0.1) is 0 Å². The highest BCUT2D eigenvalue weighted by atomic mass is 32.1. The summed E-state index contributed by atoms with van der Waals surface area (Å²) in [6.07, 6.45) is 2.80. The van der Waals surface area contributed by atoms with Crippen LogP contribution in [0.1, 0.15) is 19.3 Å². The SMILES string of the molecule is COc1ccc2nc(NCCC(=O)N3CCCC3)sc2c1. The molecule has 2 aromatic rings. The minimum absolute atomic E-state index is 0.239. The van der Waals surface area contributed by atoms with Gasteiger partial charge in [-0.25, -0.2) is 4.98 Å². The number of likely N-dealkylation sites (tertiary alicyclic amines) is 1. The summed E-state index contributed by atoms with van der Waals surface area (Å²) in [7, 11) is 1.66. The fraction of sp³-hybridized carbons (Fsp3) is 0.467. The van der Waals surface area contributed by atoms with E-state index >= 15 is 0 Å². The van der Waals surface area contributed by atoms with Crippen LogP contribution in [0.25, 0.3) is 10.2 Å². The smallest absolute Gasteiger partial charge is 0.224 e. The lowest BCUT2D eigenvalue weighted by molar-refractivity contribution is -0.129. The molecule has 1 aliphatic heterocycles. The number of amides is 1. The Kier molecular flexibility index (Phi) is 4.24. The van der Waals surface area contributed by atoms with E-state index in [0.29, 0.717) is 13.0 Å². The summed E-state index contributed by atoms with van der Waals surface area (Å²) in [6, 6.07) is 5.83. The molecule has 1 aromatic heterocycles. The number of benzene rings is 1. The zero-order chi connectivity index (χ0) is 14.7. The molecule has 0 saturated carbocycles. The predicted molar refractivity (Wildman–Crippen MR) is 85.1 cm³/mol. The van der Waals surface area contributed by atoms with Gasteiger partial charge in [0.1, 0.15) is 5.75 Å². The Morgan fingerprint density at radius 1 is 1.43 bits per heavy atom. The van der Waals surface area contributed by atoms with E-state index in [1.54, 1.807) is 18.4 Å². The molecule has 0 unspecified atom stereocenters. The van der Waals surface area contributed by atoms with Crippen molar-refractivity contribution in [3.05, 3.63) is 18.2 Å². The number of hydrogen-bond acceptors (Lipinski definition) is 5. The van der Waals surface area contributed by atoms with E-state index in [2.05, 4.69) is 10.3 Å². The zero-order valence-corrected chi connectivity index (χ0v) is 12.9. The molecule has 1 fully saturated rings. The molecule has 0 atom stereocenters. The number of methoxy groups -OCH3 is 1. The van der Waals surface area contributed by atoms with Crippen molar-refractivity contribution in [2.75, 3.05) is 32.1 Å². The normalized spacial score (nSPS) is 14.6. The van der Waals surface area contributed by atoms with E-state index < -0.39 is 0 Å². The lowest BCUT2D eigenvalue weighted by Crippen LogP contribution is -2.29. The Hall–Kier alpha value is -1.82. The first-order valence-corrected chi connectivity index (χ1v) is 8.04. The van der Waals surface area contributed by atoms with Crippen LogP contribution in [0.4, 0.5) is 5.13 Å². The molecule has 0 spiro atoms. The number of thiazole rings is 1. The molecular weight excluding hydrogens is 286 g/mol. The van der Waals surface area contributed by atoms with Gasteiger partial charge in [0.05, 0.1) is 17.3 Å². The number of carbonyl (C=O) groups is 1. The molecule has 112 valence electrons. The average Bonchev–Trinajstić information content (AvgIpc) is 3.15. The molecule has 5 nitrogen and oxygen atoms in total. The molecule has 0 bridgehead atoms. The Labute approximate surface area is 127 Å². The fourth-order valence-corrected chi connectivity index (χ4v) is 3.43. The van der Waals surface area contributed by atoms with Crippen LogP contribution < -0.4 is 10.1 Å². The van der Waals surface area contributed by atoms with Crippen LogP contribution in [0.15, 0.2) is 18.2 Å². The van der Waals surface area contributed by atoms with Crippen molar-refractivity contribution in [1.29, 1.82) is 0 Å². The van der Waals surface area contributed by atoms with Crippen LogP contribution >= 0.6 is 11.3 Å². The molecule has 1 amide bonds. The van der Waals surface area contributed by atoms with Crippen LogP contribution in [0.3, 0.4) is 0 Å². The van der Waals surface area contributed by atoms with Crippen LogP contribution in [-0.4, -0.2) is 42.5 Å². The van der Waals surface area contributed by atoms with Gasteiger partial charge in [0, 0.05) is 26.1 Å². The average molecular weight is 305 g/mol. The third-order valence-electron chi connectivity index (χ3n) is 3.67. The molecule has 1 N–H and O–H groups in total. The van der Waals surface area contributed by atoms with Gasteiger partial charge < -0.3 is 15.0 Å². The maximum Gasteiger partial charge on any atom is 0.224 e. The lowest BCUT2D eigenvalue weighted by Gasteiger charge is -2.14. The minimum Gasteiger partial charge on any atom is -0.497 e. The molecule has 2 heterocycles. The van der Waals surface area contributed by atoms with E-state index in [1.807, 2.05) is 23.1 Å². The second-order valence-corrected chi connectivity index (χ2v) is 6.15. The summed E-state index contributed by atoms with van der Waals surface area (Å²) in [5.74, 6) is 1.07.